The molecule has 3 amide bonds. The quantitative estimate of drug-likeness (QED) is 0.458. The summed E-state index contributed by atoms with van der Waals surface area (Å²) < 4.78 is 9.75. The van der Waals surface area contributed by atoms with Crippen LogP contribution in [0.1, 0.15) is 13.3 Å². The Bertz CT molecular complexity index is 450. The summed E-state index contributed by atoms with van der Waals surface area (Å²) in [6.45, 7) is 1.43. The minimum Gasteiger partial charge on any atom is -0.433 e. The Balaban J connectivity index is 2.53. The molecule has 0 radical (unpaired) electrons. The zero-order valence-electron chi connectivity index (χ0n) is 12.3. The highest BCUT2D eigenvalue weighted by Crippen LogP contribution is 2.15. The first-order valence-corrected chi connectivity index (χ1v) is 6.31. The van der Waals surface area contributed by atoms with Gasteiger partial charge in [-0.15, -0.1) is 0 Å². The minimum absolute atomic E-state index is 0.0124. The van der Waals surface area contributed by atoms with Crippen LogP contribution in [0, 0.1) is 0 Å². The first kappa shape index (κ1) is 16.9. The number of esters is 1. The van der Waals surface area contributed by atoms with Crippen LogP contribution in [0.5, 0.6) is 0 Å². The SMILES string of the molecule is COC1OC(=O)C[C@@H]1NC(=O)[C@H](C)NC(=O)C(=O)N(C)C. The van der Waals surface area contributed by atoms with Gasteiger partial charge in [0.15, 0.2) is 0 Å². The van der Waals surface area contributed by atoms with Crippen molar-refractivity contribution in [2.45, 2.75) is 31.7 Å². The Morgan fingerprint density at radius 1 is 1.38 bits per heavy atom. The van der Waals surface area contributed by atoms with Crippen LogP contribution in [0.2, 0.25) is 0 Å². The molecule has 1 aliphatic rings. The van der Waals surface area contributed by atoms with Gasteiger partial charge in [0.05, 0.1) is 6.42 Å². The second-order valence-corrected chi connectivity index (χ2v) is 4.81. The van der Waals surface area contributed by atoms with Crippen LogP contribution in [-0.4, -0.2) is 68.2 Å². The molecule has 0 bridgehead atoms. The zero-order chi connectivity index (χ0) is 16.2. The number of hydrogen-bond acceptors (Lipinski definition) is 6. The molecule has 0 aromatic rings. The minimum atomic E-state index is -0.936. The van der Waals surface area contributed by atoms with Crippen LogP contribution in [0.15, 0.2) is 0 Å². The second kappa shape index (κ2) is 7.02. The van der Waals surface area contributed by atoms with Gasteiger partial charge in [0.1, 0.15) is 12.1 Å². The van der Waals surface area contributed by atoms with Gasteiger partial charge in [-0.1, -0.05) is 0 Å². The number of cyclic esters (lactones) is 1. The molecule has 9 heteroatoms. The molecule has 1 heterocycles. The maximum absolute atomic E-state index is 11.9. The van der Waals surface area contributed by atoms with Crippen molar-refractivity contribution < 1.29 is 28.7 Å². The van der Waals surface area contributed by atoms with Crippen molar-refractivity contribution in [3.05, 3.63) is 0 Å². The highest BCUT2D eigenvalue weighted by Gasteiger charge is 2.37. The second-order valence-electron chi connectivity index (χ2n) is 4.81. The number of hydrogen-bond donors (Lipinski definition) is 2. The van der Waals surface area contributed by atoms with E-state index in [1.165, 1.54) is 28.1 Å². The molecule has 3 atom stereocenters. The maximum Gasteiger partial charge on any atom is 0.311 e. The van der Waals surface area contributed by atoms with Gasteiger partial charge < -0.3 is 25.0 Å². The Labute approximate surface area is 121 Å². The van der Waals surface area contributed by atoms with Crippen LogP contribution < -0.4 is 10.6 Å². The average molecular weight is 301 g/mol. The molecule has 21 heavy (non-hydrogen) atoms. The molecule has 1 fully saturated rings. The van der Waals surface area contributed by atoms with Crippen molar-refractivity contribution in [2.75, 3.05) is 21.2 Å². The summed E-state index contributed by atoms with van der Waals surface area (Å²) in [4.78, 5) is 47.1. The third-order valence-electron chi connectivity index (χ3n) is 2.86. The Morgan fingerprint density at radius 2 is 2.00 bits per heavy atom. The molecule has 9 nitrogen and oxygen atoms in total. The van der Waals surface area contributed by atoms with Crippen LogP contribution in [0.4, 0.5) is 0 Å². The maximum atomic E-state index is 11.9. The summed E-state index contributed by atoms with van der Waals surface area (Å²) in [5.74, 6) is -2.67. The van der Waals surface area contributed by atoms with Gasteiger partial charge in [-0.2, -0.15) is 0 Å². The number of likely N-dealkylation sites (N-methyl/N-ethyl adjacent to an activating group) is 1. The lowest BCUT2D eigenvalue weighted by Crippen LogP contribution is -2.52. The van der Waals surface area contributed by atoms with E-state index in [0.717, 1.165) is 4.90 Å². The standard InChI is InChI=1S/C12H19N3O6/c1-6(13-10(18)11(19)15(2)3)9(17)14-7-5-8(16)21-12(7)20-4/h6-7,12H,5H2,1-4H3,(H,13,18)(H,14,17)/t6-,7-,12?/m0/s1. The van der Waals surface area contributed by atoms with Crippen LogP contribution in [0.25, 0.3) is 0 Å². The van der Waals surface area contributed by atoms with E-state index in [9.17, 15) is 19.2 Å². The van der Waals surface area contributed by atoms with Gasteiger partial charge in [0.2, 0.25) is 12.2 Å². The smallest absolute Gasteiger partial charge is 0.311 e. The molecule has 1 saturated heterocycles. The summed E-state index contributed by atoms with van der Waals surface area (Å²) in [5.41, 5.74) is 0. The third kappa shape index (κ3) is 4.42. The lowest BCUT2D eigenvalue weighted by atomic mass is 10.2. The van der Waals surface area contributed by atoms with E-state index in [1.807, 2.05) is 0 Å². The fraction of sp³-hybridized carbons (Fsp3) is 0.667. The zero-order valence-corrected chi connectivity index (χ0v) is 12.3. The molecular weight excluding hydrogens is 282 g/mol. The first-order chi connectivity index (χ1) is 9.76. The lowest BCUT2D eigenvalue weighted by molar-refractivity contribution is -0.160. The van der Waals surface area contributed by atoms with Gasteiger partial charge >= 0.3 is 17.8 Å². The monoisotopic (exact) mass is 301 g/mol. The Morgan fingerprint density at radius 3 is 2.52 bits per heavy atom. The normalized spacial score (nSPS) is 22.2. The van der Waals surface area contributed by atoms with E-state index in [1.54, 1.807) is 0 Å². The number of nitrogens with zero attached hydrogens (tertiary/aromatic N) is 1. The number of carbonyl (C=O) groups is 4. The molecule has 1 rings (SSSR count). The first-order valence-electron chi connectivity index (χ1n) is 6.31. The van der Waals surface area contributed by atoms with Gasteiger partial charge in [0, 0.05) is 21.2 Å². The van der Waals surface area contributed by atoms with Crippen molar-refractivity contribution in [1.82, 2.24) is 15.5 Å². The number of amides is 3. The van der Waals surface area contributed by atoms with E-state index in [-0.39, 0.29) is 6.42 Å². The van der Waals surface area contributed by atoms with E-state index in [0.29, 0.717) is 0 Å². The van der Waals surface area contributed by atoms with E-state index in [2.05, 4.69) is 10.6 Å². The van der Waals surface area contributed by atoms with Gasteiger partial charge in [-0.25, -0.2) is 0 Å². The highest BCUT2D eigenvalue weighted by atomic mass is 16.7. The molecule has 118 valence electrons. The fourth-order valence-corrected chi connectivity index (χ4v) is 1.70. The van der Waals surface area contributed by atoms with Crippen LogP contribution >= 0.6 is 0 Å². The number of carbonyl (C=O) groups excluding carboxylic acids is 4. The number of nitrogens with one attached hydrogen (secondary N) is 2. The van der Waals surface area contributed by atoms with E-state index in [4.69, 9.17) is 9.47 Å². The molecule has 0 aromatic heterocycles. The van der Waals surface area contributed by atoms with Gasteiger partial charge in [-0.3, -0.25) is 19.2 Å². The van der Waals surface area contributed by atoms with Crippen molar-refractivity contribution in [2.24, 2.45) is 0 Å². The van der Waals surface area contributed by atoms with Gasteiger partial charge in [-0.05, 0) is 6.92 Å². The Hall–Kier alpha value is -2.16. The summed E-state index contributed by atoms with van der Waals surface area (Å²) in [6, 6.07) is -1.56. The summed E-state index contributed by atoms with van der Waals surface area (Å²) in [7, 11) is 4.21. The van der Waals surface area contributed by atoms with Crippen molar-refractivity contribution in [3.63, 3.8) is 0 Å². The predicted molar refractivity (Wildman–Crippen MR) is 69.7 cm³/mol. The molecule has 2 N–H and O–H groups in total. The fourth-order valence-electron chi connectivity index (χ4n) is 1.70. The van der Waals surface area contributed by atoms with Crippen molar-refractivity contribution >= 4 is 23.7 Å². The molecule has 0 spiro atoms. The lowest BCUT2D eigenvalue weighted by Gasteiger charge is -2.20. The average Bonchev–Trinajstić information content (AvgIpc) is 2.77. The van der Waals surface area contributed by atoms with E-state index < -0.39 is 42.1 Å². The number of rotatable bonds is 4. The molecule has 0 saturated carbocycles. The van der Waals surface area contributed by atoms with Crippen LogP contribution in [-0.2, 0) is 28.7 Å². The van der Waals surface area contributed by atoms with Crippen molar-refractivity contribution in [3.8, 4) is 0 Å². The van der Waals surface area contributed by atoms with Crippen molar-refractivity contribution in [1.29, 1.82) is 0 Å². The van der Waals surface area contributed by atoms with E-state index >= 15 is 0 Å². The topological polar surface area (TPSA) is 114 Å². The number of ether oxygens (including phenoxy) is 2. The molecule has 1 aliphatic heterocycles. The summed E-state index contributed by atoms with van der Waals surface area (Å²) >= 11 is 0. The number of methoxy groups -OCH3 is 1. The van der Waals surface area contributed by atoms with Gasteiger partial charge in [0.25, 0.3) is 0 Å². The highest BCUT2D eigenvalue weighted by molar-refractivity contribution is 6.35. The molecule has 0 aromatic carbocycles. The van der Waals surface area contributed by atoms with Crippen LogP contribution in [0.3, 0.4) is 0 Å². The molecule has 0 aliphatic carbocycles. The Kier molecular flexibility index (Phi) is 5.65. The molecular formula is C12H19N3O6. The molecule has 1 unspecified atom stereocenters. The summed E-state index contributed by atoms with van der Waals surface area (Å²) in [6.07, 6.45) is -0.866. The third-order valence-corrected chi connectivity index (χ3v) is 2.86. The summed E-state index contributed by atoms with van der Waals surface area (Å²) in [5, 5.41) is 4.80. The largest absolute Gasteiger partial charge is 0.433 e. The predicted octanol–water partition coefficient (Wildman–Crippen LogP) is -2.02.